The van der Waals surface area contributed by atoms with Crippen LogP contribution in [0.25, 0.3) is 22.3 Å². The van der Waals surface area contributed by atoms with Crippen molar-refractivity contribution >= 4 is 53.8 Å². The van der Waals surface area contributed by atoms with Crippen molar-refractivity contribution in [1.29, 1.82) is 10.5 Å². The van der Waals surface area contributed by atoms with E-state index in [0.717, 1.165) is 39.8 Å². The number of benzene rings is 6. The van der Waals surface area contributed by atoms with Gasteiger partial charge in [0.1, 0.15) is 84.3 Å². The van der Waals surface area contributed by atoms with Crippen LogP contribution in [0, 0.1) is 34.3 Å². The average molecular weight is 1310 g/mol. The monoisotopic (exact) mass is 1310 g/mol. The maximum atomic E-state index is 14.7. The third-order valence-corrected chi connectivity index (χ3v) is 15.0. The van der Waals surface area contributed by atoms with E-state index in [4.69, 9.17) is 63.0 Å². The minimum atomic E-state index is -0.954. The fourth-order valence-electron chi connectivity index (χ4n) is 10.2. The molecule has 92 heavy (non-hydrogen) atoms. The summed E-state index contributed by atoms with van der Waals surface area (Å²) in [4.78, 5) is 42.9. The molecule has 478 valence electrons. The van der Waals surface area contributed by atoms with E-state index in [1.54, 1.807) is 94.7 Å². The second kappa shape index (κ2) is 33.9. The molecule has 0 amide bonds. The van der Waals surface area contributed by atoms with Crippen molar-refractivity contribution in [3.8, 4) is 57.4 Å². The van der Waals surface area contributed by atoms with Crippen molar-refractivity contribution in [3.63, 3.8) is 0 Å². The van der Waals surface area contributed by atoms with Crippen molar-refractivity contribution in [2.75, 3.05) is 13.2 Å². The molecule has 2 aliphatic carbocycles. The van der Waals surface area contributed by atoms with Crippen molar-refractivity contribution < 1.29 is 61.8 Å². The molecule has 6 aromatic carbocycles. The molecule has 22 heteroatoms. The summed E-state index contributed by atoms with van der Waals surface area (Å²) in [6.07, 6.45) is 8.53. The van der Waals surface area contributed by atoms with Crippen molar-refractivity contribution in [2.45, 2.75) is 110 Å². The average Bonchev–Trinajstić information content (AvgIpc) is 1.67. The van der Waals surface area contributed by atoms with Crippen LogP contribution < -0.4 is 30.0 Å². The van der Waals surface area contributed by atoms with Gasteiger partial charge in [0.2, 0.25) is 0 Å². The van der Waals surface area contributed by atoms with Gasteiger partial charge < -0.3 is 44.4 Å². The van der Waals surface area contributed by atoms with E-state index in [-0.39, 0.29) is 85.4 Å². The molecule has 0 saturated heterocycles. The molecule has 8 aromatic rings. The van der Waals surface area contributed by atoms with Gasteiger partial charge in [-0.3, -0.25) is 29.7 Å². The van der Waals surface area contributed by atoms with Crippen LogP contribution in [0.4, 0.5) is 8.78 Å². The summed E-state index contributed by atoms with van der Waals surface area (Å²) in [7, 11) is 0. The first-order valence-corrected chi connectivity index (χ1v) is 29.9. The largest absolute Gasteiger partial charge is 0.488 e. The zero-order chi connectivity index (χ0) is 65.1. The van der Waals surface area contributed by atoms with Crippen LogP contribution >= 0.6 is 35.6 Å². The molecular formula is C70H67Cl3F2N6O11. The van der Waals surface area contributed by atoms with Gasteiger partial charge in [0.15, 0.2) is 6.29 Å². The third kappa shape index (κ3) is 18.4. The summed E-state index contributed by atoms with van der Waals surface area (Å²) in [5.74, 6) is -0.156. The highest BCUT2D eigenvalue weighted by molar-refractivity contribution is 6.32. The summed E-state index contributed by atoms with van der Waals surface area (Å²) in [5.41, 5.74) is 15.1. The Bertz CT molecular complexity index is 3980. The number of aldehydes is 1. The zero-order valence-electron chi connectivity index (χ0n) is 50.6. The molecule has 0 radical (unpaired) electrons. The normalized spacial score (nSPS) is 14.0. The third-order valence-electron chi connectivity index (χ3n) is 14.4. The number of esters is 2. The molecule has 4 atom stereocenters. The Kier molecular flexibility index (Phi) is 25.9. The van der Waals surface area contributed by atoms with E-state index >= 15 is 0 Å². The van der Waals surface area contributed by atoms with Gasteiger partial charge in [0.05, 0.1) is 52.2 Å². The van der Waals surface area contributed by atoms with Gasteiger partial charge >= 0.3 is 11.9 Å². The molecule has 2 aromatic heterocycles. The highest BCUT2D eigenvalue weighted by Crippen LogP contribution is 2.45. The van der Waals surface area contributed by atoms with Gasteiger partial charge in [-0.2, -0.15) is 10.5 Å². The predicted molar refractivity (Wildman–Crippen MR) is 344 cm³/mol. The van der Waals surface area contributed by atoms with Crippen LogP contribution in [0.3, 0.4) is 0 Å². The number of nitrogens with two attached hydrogens (primary N) is 1. The maximum Gasteiger partial charge on any atom is 0.325 e. The first-order valence-electron chi connectivity index (χ1n) is 29.1. The number of carbonyl (C=O) groups is 3. The number of carbonyl (C=O) groups excluding carboxylic acids is 3. The SMILES string of the molecule is CC(C)OC(=O)[C@@H](N)CO.CC(C)OC(=O)[C@H](CO)NCc1cc(Cl)c(O[C@H]2CCc3c(-c4ccccc4F)cccc32)cc1OCc1cncc(C#N)c1.Cl.N#Cc1cncc(COc2cc(O[C@H]3CCc4c(-c5ccccc5F)cccc43)c(Cl)cc2C=O)c1. The molecule has 2 heterocycles. The van der Waals surface area contributed by atoms with Gasteiger partial charge in [-0.1, -0.05) is 96.0 Å². The highest BCUT2D eigenvalue weighted by Gasteiger charge is 2.31. The van der Waals surface area contributed by atoms with Crippen LogP contribution in [0.1, 0.15) is 113 Å². The van der Waals surface area contributed by atoms with E-state index in [0.29, 0.717) is 92.5 Å². The van der Waals surface area contributed by atoms with Crippen LogP contribution in [0.2, 0.25) is 10.0 Å². The molecule has 0 unspecified atom stereocenters. The smallest absolute Gasteiger partial charge is 0.325 e. The highest BCUT2D eigenvalue weighted by atomic mass is 35.5. The number of halogens is 5. The van der Waals surface area contributed by atoms with Crippen molar-refractivity contribution in [1.82, 2.24) is 15.3 Å². The van der Waals surface area contributed by atoms with Crippen LogP contribution in [-0.4, -0.2) is 75.9 Å². The Morgan fingerprint density at radius 3 is 1.58 bits per heavy atom. The Morgan fingerprint density at radius 1 is 0.641 bits per heavy atom. The van der Waals surface area contributed by atoms with Crippen LogP contribution in [-0.2, 0) is 51.7 Å². The molecule has 0 saturated carbocycles. The molecule has 0 bridgehead atoms. The van der Waals surface area contributed by atoms with E-state index in [1.165, 1.54) is 30.6 Å². The van der Waals surface area contributed by atoms with E-state index < -0.39 is 30.6 Å². The fraction of sp³-hybridized carbons (Fsp3) is 0.271. The van der Waals surface area contributed by atoms with Crippen LogP contribution in [0.15, 0.2) is 146 Å². The van der Waals surface area contributed by atoms with E-state index in [2.05, 4.69) is 26.1 Å². The summed E-state index contributed by atoms with van der Waals surface area (Å²) < 4.78 is 63.9. The summed E-state index contributed by atoms with van der Waals surface area (Å²) >= 11 is 13.2. The van der Waals surface area contributed by atoms with Crippen LogP contribution in [0.5, 0.6) is 23.0 Å². The topological polar surface area (TPSA) is 258 Å². The minimum Gasteiger partial charge on any atom is -0.488 e. The van der Waals surface area contributed by atoms with E-state index in [9.17, 15) is 33.5 Å². The Balaban J connectivity index is 0.000000229. The molecule has 0 fully saturated rings. The molecule has 0 aliphatic heterocycles. The summed E-state index contributed by atoms with van der Waals surface area (Å²) in [6.45, 7) is 6.43. The molecule has 17 nitrogen and oxygen atoms in total. The molecule has 5 N–H and O–H groups in total. The van der Waals surface area contributed by atoms with Gasteiger partial charge in [0.25, 0.3) is 0 Å². The number of aliphatic hydroxyl groups is 2. The number of aliphatic hydroxyl groups excluding tert-OH is 2. The van der Waals surface area contributed by atoms with Gasteiger partial charge in [-0.05, 0) is 123 Å². The summed E-state index contributed by atoms with van der Waals surface area (Å²) in [5, 5.41) is 40.2. The number of hydrogen-bond acceptors (Lipinski definition) is 17. The summed E-state index contributed by atoms with van der Waals surface area (Å²) in [6, 6.07) is 37.2. The Morgan fingerprint density at radius 2 is 1.11 bits per heavy atom. The number of nitrogens with one attached hydrogen (secondary N) is 1. The second-order valence-electron chi connectivity index (χ2n) is 21.7. The standard InChI is InChI=1S/C35H33ClFN3O5.C29H20ClFN2O3.C6H13NO3.ClH/c1-21(2)44-35(42)31(19-41)40-18-24-13-29(36)34(14-33(24)43-20-23-12-22(15-38)16-39-17-23)45-32-11-10-26-25(7-5-8-28(26)32)27-6-3-4-9-30(27)37;30-25-11-20(16-34)28(35-17-19-10-18(13-32)14-33-15-19)12-29(25)36-27-9-8-22-21(5-3-6-24(22)27)23-4-1-2-7-26(23)31;1-4(2)10-6(9)5(7)3-8;/h3-9,12-14,16-17,21,31-32,40-41H,10-11,18-20H2,1-2H3;1-7,10-12,14-16,27H,8-9,17H2;4-5,8H,3,7H2,1-2H3;1H/t31-,32-;27-;5-;/m000./s1. The molecule has 2 aliphatic rings. The number of nitrogens with zero attached hydrogens (tertiary/aromatic N) is 4. The fourth-order valence-corrected chi connectivity index (χ4v) is 10.6. The Labute approximate surface area is 548 Å². The quantitative estimate of drug-likeness (QED) is 0.0363. The molecule has 10 rings (SSSR count). The first-order chi connectivity index (χ1) is 43.9. The Hall–Kier alpha value is -9.02. The number of ether oxygens (including phenoxy) is 6. The first kappa shape index (κ1) is 70.4. The number of rotatable bonds is 22. The molecule has 0 spiro atoms. The zero-order valence-corrected chi connectivity index (χ0v) is 52.9. The number of fused-ring (bicyclic) bond motifs is 2. The maximum absolute atomic E-state index is 14.7. The van der Waals surface area contributed by atoms with E-state index in [1.807, 2.05) is 54.6 Å². The lowest BCUT2D eigenvalue weighted by Gasteiger charge is -2.21. The van der Waals surface area contributed by atoms with Crippen molar-refractivity contribution in [3.05, 3.63) is 223 Å². The molecular weight excluding hydrogens is 1250 g/mol. The van der Waals surface area contributed by atoms with Gasteiger partial charge in [0, 0.05) is 71.3 Å². The number of nitriles is 2. The number of pyridine rings is 2. The van der Waals surface area contributed by atoms with Gasteiger partial charge in [-0.15, -0.1) is 12.4 Å². The lowest BCUT2D eigenvalue weighted by molar-refractivity contribution is -0.151. The number of aromatic nitrogens is 2. The lowest BCUT2D eigenvalue weighted by Crippen LogP contribution is -2.41. The van der Waals surface area contributed by atoms with Crippen molar-refractivity contribution in [2.24, 2.45) is 5.73 Å². The minimum absolute atomic E-state index is 0. The second-order valence-corrected chi connectivity index (χ2v) is 22.5. The lowest BCUT2D eigenvalue weighted by atomic mass is 9.96. The van der Waals surface area contributed by atoms with Gasteiger partial charge in [-0.25, -0.2) is 8.78 Å². The number of hydrogen-bond donors (Lipinski definition) is 4. The predicted octanol–water partition coefficient (Wildman–Crippen LogP) is 13.0.